The van der Waals surface area contributed by atoms with Gasteiger partial charge in [0.05, 0.1) is 13.2 Å². The molecule has 0 aromatic heterocycles. The maximum atomic E-state index is 5.40. The topological polar surface area (TPSA) is 12.5 Å². The molecule has 1 aliphatic heterocycles. The molecule has 0 N–H and O–H groups in total. The van der Waals surface area contributed by atoms with Crippen molar-refractivity contribution in [2.75, 3.05) is 26.3 Å². The van der Waals surface area contributed by atoms with Crippen LogP contribution >= 0.6 is 0 Å². The molecule has 0 aliphatic carbocycles. The SMILES string of the molecule is Cc1cc(CN2CCOCC2)cc(C(C)(C)C)c1. The number of morpholine rings is 1. The van der Waals surface area contributed by atoms with Crippen molar-refractivity contribution in [1.82, 2.24) is 4.90 Å². The molecule has 0 amide bonds. The molecule has 0 atom stereocenters. The Morgan fingerprint density at radius 2 is 1.78 bits per heavy atom. The quantitative estimate of drug-likeness (QED) is 0.796. The summed E-state index contributed by atoms with van der Waals surface area (Å²) in [6, 6.07) is 6.98. The fourth-order valence-corrected chi connectivity index (χ4v) is 2.40. The highest BCUT2D eigenvalue weighted by Crippen LogP contribution is 2.25. The van der Waals surface area contributed by atoms with Gasteiger partial charge in [-0.05, 0) is 23.5 Å². The summed E-state index contributed by atoms with van der Waals surface area (Å²) >= 11 is 0. The number of nitrogens with zero attached hydrogens (tertiary/aromatic N) is 1. The van der Waals surface area contributed by atoms with Gasteiger partial charge in [0.1, 0.15) is 0 Å². The van der Waals surface area contributed by atoms with Crippen LogP contribution in [0.1, 0.15) is 37.5 Å². The van der Waals surface area contributed by atoms with E-state index < -0.39 is 0 Å². The largest absolute Gasteiger partial charge is 0.379 e. The second-order valence-corrected chi connectivity index (χ2v) is 6.35. The Bertz CT molecular complexity index is 400. The van der Waals surface area contributed by atoms with Gasteiger partial charge in [-0.3, -0.25) is 4.90 Å². The van der Waals surface area contributed by atoms with Crippen molar-refractivity contribution >= 4 is 0 Å². The van der Waals surface area contributed by atoms with Crippen LogP contribution < -0.4 is 0 Å². The van der Waals surface area contributed by atoms with Crippen LogP contribution in [-0.2, 0) is 16.7 Å². The van der Waals surface area contributed by atoms with Crippen LogP contribution in [-0.4, -0.2) is 31.2 Å². The zero-order valence-electron chi connectivity index (χ0n) is 12.1. The molecule has 1 fully saturated rings. The number of hydrogen-bond acceptors (Lipinski definition) is 2. The zero-order chi connectivity index (χ0) is 13.2. The van der Waals surface area contributed by atoms with E-state index >= 15 is 0 Å². The number of hydrogen-bond donors (Lipinski definition) is 0. The van der Waals surface area contributed by atoms with Crippen molar-refractivity contribution in [3.63, 3.8) is 0 Å². The summed E-state index contributed by atoms with van der Waals surface area (Å²) in [5.41, 5.74) is 4.46. The number of ether oxygens (including phenoxy) is 1. The lowest BCUT2D eigenvalue weighted by molar-refractivity contribution is 0.0341. The molecule has 2 heteroatoms. The van der Waals surface area contributed by atoms with Crippen LogP contribution in [0, 0.1) is 6.92 Å². The molecule has 1 aliphatic rings. The van der Waals surface area contributed by atoms with Gasteiger partial charge in [0.15, 0.2) is 0 Å². The second-order valence-electron chi connectivity index (χ2n) is 6.35. The fraction of sp³-hybridized carbons (Fsp3) is 0.625. The lowest BCUT2D eigenvalue weighted by Crippen LogP contribution is -2.35. The molecule has 1 heterocycles. The lowest BCUT2D eigenvalue weighted by atomic mass is 9.85. The summed E-state index contributed by atoms with van der Waals surface area (Å²) in [6.07, 6.45) is 0. The summed E-state index contributed by atoms with van der Waals surface area (Å²) < 4.78 is 5.40. The van der Waals surface area contributed by atoms with Gasteiger partial charge in [-0.1, -0.05) is 44.5 Å². The van der Waals surface area contributed by atoms with E-state index in [1.54, 1.807) is 0 Å². The first-order valence-corrected chi connectivity index (χ1v) is 6.86. The molecule has 0 radical (unpaired) electrons. The predicted molar refractivity (Wildman–Crippen MR) is 76.0 cm³/mol. The summed E-state index contributed by atoms with van der Waals surface area (Å²) in [5.74, 6) is 0. The molecule has 0 spiro atoms. The number of rotatable bonds is 2. The van der Waals surface area contributed by atoms with Crippen molar-refractivity contribution in [3.05, 3.63) is 34.9 Å². The van der Waals surface area contributed by atoms with Crippen molar-refractivity contribution in [2.24, 2.45) is 0 Å². The highest BCUT2D eigenvalue weighted by Gasteiger charge is 2.16. The predicted octanol–water partition coefficient (Wildman–Crippen LogP) is 3.12. The second kappa shape index (κ2) is 5.41. The minimum absolute atomic E-state index is 0.228. The average Bonchev–Trinajstić information content (AvgIpc) is 2.28. The third-order valence-electron chi connectivity index (χ3n) is 3.51. The average molecular weight is 247 g/mol. The highest BCUT2D eigenvalue weighted by molar-refractivity contribution is 5.33. The first-order chi connectivity index (χ1) is 8.45. The molecule has 100 valence electrons. The van der Waals surface area contributed by atoms with E-state index in [-0.39, 0.29) is 5.41 Å². The first kappa shape index (κ1) is 13.6. The smallest absolute Gasteiger partial charge is 0.0594 e. The molecule has 18 heavy (non-hydrogen) atoms. The summed E-state index contributed by atoms with van der Waals surface area (Å²) in [7, 11) is 0. The van der Waals surface area contributed by atoms with E-state index in [2.05, 4.69) is 50.8 Å². The van der Waals surface area contributed by atoms with Gasteiger partial charge in [-0.15, -0.1) is 0 Å². The van der Waals surface area contributed by atoms with Gasteiger partial charge in [0.25, 0.3) is 0 Å². The Morgan fingerprint density at radius 3 is 2.39 bits per heavy atom. The maximum Gasteiger partial charge on any atom is 0.0594 e. The van der Waals surface area contributed by atoms with E-state index in [1.807, 2.05) is 0 Å². The van der Waals surface area contributed by atoms with Crippen LogP contribution in [0.4, 0.5) is 0 Å². The Kier molecular flexibility index (Phi) is 4.08. The Morgan fingerprint density at radius 1 is 1.11 bits per heavy atom. The van der Waals surface area contributed by atoms with E-state index in [9.17, 15) is 0 Å². The third-order valence-corrected chi connectivity index (χ3v) is 3.51. The Balaban J connectivity index is 2.14. The van der Waals surface area contributed by atoms with Gasteiger partial charge < -0.3 is 4.74 Å². The Hall–Kier alpha value is -0.860. The van der Waals surface area contributed by atoms with Gasteiger partial charge in [0.2, 0.25) is 0 Å². The summed E-state index contributed by atoms with van der Waals surface area (Å²) in [4.78, 5) is 2.48. The first-order valence-electron chi connectivity index (χ1n) is 6.86. The van der Waals surface area contributed by atoms with E-state index in [0.29, 0.717) is 0 Å². The number of aryl methyl sites for hydroxylation is 1. The molecular formula is C16H25NO. The molecule has 2 rings (SSSR count). The van der Waals surface area contributed by atoms with Crippen LogP contribution in [0.25, 0.3) is 0 Å². The van der Waals surface area contributed by atoms with Crippen LogP contribution in [0.15, 0.2) is 18.2 Å². The fourth-order valence-electron chi connectivity index (χ4n) is 2.40. The molecular weight excluding hydrogens is 222 g/mol. The lowest BCUT2D eigenvalue weighted by Gasteiger charge is -2.27. The standard InChI is InChI=1S/C16H25NO/c1-13-9-14(11-15(10-13)16(2,3)4)12-17-5-7-18-8-6-17/h9-11H,5-8,12H2,1-4H3. The summed E-state index contributed by atoms with van der Waals surface area (Å²) in [5, 5.41) is 0. The van der Waals surface area contributed by atoms with Gasteiger partial charge >= 0.3 is 0 Å². The van der Waals surface area contributed by atoms with Crippen LogP contribution in [0.2, 0.25) is 0 Å². The maximum absolute atomic E-state index is 5.40. The molecule has 0 bridgehead atoms. The molecule has 2 nitrogen and oxygen atoms in total. The van der Waals surface area contributed by atoms with E-state index in [1.165, 1.54) is 16.7 Å². The molecule has 1 aromatic rings. The Labute approximate surface area is 111 Å². The van der Waals surface area contributed by atoms with Gasteiger partial charge in [0, 0.05) is 19.6 Å². The minimum Gasteiger partial charge on any atom is -0.379 e. The normalized spacial score (nSPS) is 18.0. The molecule has 0 unspecified atom stereocenters. The number of benzene rings is 1. The van der Waals surface area contributed by atoms with Crippen LogP contribution in [0.5, 0.6) is 0 Å². The molecule has 0 saturated carbocycles. The molecule has 1 saturated heterocycles. The van der Waals surface area contributed by atoms with Crippen molar-refractivity contribution in [2.45, 2.75) is 39.7 Å². The van der Waals surface area contributed by atoms with E-state index in [4.69, 9.17) is 4.74 Å². The van der Waals surface area contributed by atoms with Crippen LogP contribution in [0.3, 0.4) is 0 Å². The molecule has 1 aromatic carbocycles. The van der Waals surface area contributed by atoms with Crippen molar-refractivity contribution in [1.29, 1.82) is 0 Å². The third kappa shape index (κ3) is 3.56. The zero-order valence-corrected chi connectivity index (χ0v) is 12.1. The summed E-state index contributed by atoms with van der Waals surface area (Å²) in [6.45, 7) is 13.9. The van der Waals surface area contributed by atoms with Gasteiger partial charge in [-0.2, -0.15) is 0 Å². The van der Waals surface area contributed by atoms with Crippen molar-refractivity contribution in [3.8, 4) is 0 Å². The minimum atomic E-state index is 0.228. The highest BCUT2D eigenvalue weighted by atomic mass is 16.5. The van der Waals surface area contributed by atoms with Crippen molar-refractivity contribution < 1.29 is 4.74 Å². The monoisotopic (exact) mass is 247 g/mol. The van der Waals surface area contributed by atoms with Gasteiger partial charge in [-0.25, -0.2) is 0 Å². The van der Waals surface area contributed by atoms with E-state index in [0.717, 1.165) is 32.8 Å².